The van der Waals surface area contributed by atoms with Crippen molar-refractivity contribution in [3.63, 3.8) is 0 Å². The van der Waals surface area contributed by atoms with Gasteiger partial charge in [0, 0.05) is 49.4 Å². The summed E-state index contributed by atoms with van der Waals surface area (Å²) in [7, 11) is 5.64. The van der Waals surface area contributed by atoms with Crippen molar-refractivity contribution in [2.45, 2.75) is 24.8 Å². The zero-order valence-corrected chi connectivity index (χ0v) is 16.5. The van der Waals surface area contributed by atoms with Crippen LogP contribution in [0.2, 0.25) is 0 Å². The van der Waals surface area contributed by atoms with E-state index in [2.05, 4.69) is 51.1 Å². The Labute approximate surface area is 156 Å². The first kappa shape index (κ1) is 16.9. The third kappa shape index (κ3) is 2.85. The first-order chi connectivity index (χ1) is 12.0. The summed E-state index contributed by atoms with van der Waals surface area (Å²) in [6.07, 6.45) is 1.87. The Bertz CT molecular complexity index is 816. The number of hydrogen-bond donors (Lipinski definition) is 1. The van der Waals surface area contributed by atoms with E-state index in [0.29, 0.717) is 24.5 Å². The minimum atomic E-state index is -0.257. The SMILES string of the molecule is CN(C)C(=O)OC[C@@H]1CC2c3cccc4[nH]c(Br)c(c34)C[C@H]2N(C)C1. The number of halogens is 1. The van der Waals surface area contributed by atoms with Crippen LogP contribution in [0.4, 0.5) is 4.79 Å². The number of aromatic amines is 1. The van der Waals surface area contributed by atoms with Crippen LogP contribution in [0.1, 0.15) is 23.5 Å². The highest BCUT2D eigenvalue weighted by atomic mass is 79.9. The van der Waals surface area contributed by atoms with Crippen LogP contribution >= 0.6 is 15.9 Å². The number of benzene rings is 1. The number of carbonyl (C=O) groups excluding carboxylic acids is 1. The largest absolute Gasteiger partial charge is 0.449 e. The molecule has 2 aliphatic rings. The lowest BCUT2D eigenvalue weighted by Gasteiger charge is -2.45. The van der Waals surface area contributed by atoms with Gasteiger partial charge >= 0.3 is 6.09 Å². The molecule has 134 valence electrons. The average molecular weight is 406 g/mol. The monoisotopic (exact) mass is 405 g/mol. The Balaban J connectivity index is 1.61. The van der Waals surface area contributed by atoms with Crippen LogP contribution in [0.25, 0.3) is 10.9 Å². The second-order valence-electron chi connectivity index (χ2n) is 7.58. The van der Waals surface area contributed by atoms with Gasteiger partial charge in [-0.15, -0.1) is 0 Å². The molecule has 4 rings (SSSR count). The van der Waals surface area contributed by atoms with Gasteiger partial charge < -0.3 is 19.5 Å². The highest BCUT2D eigenvalue weighted by Crippen LogP contribution is 2.46. The average Bonchev–Trinajstić information content (AvgIpc) is 2.90. The molecule has 1 aromatic heterocycles. The summed E-state index contributed by atoms with van der Waals surface area (Å²) < 4.78 is 6.58. The van der Waals surface area contributed by atoms with Gasteiger partial charge in [-0.05, 0) is 53.0 Å². The third-order valence-corrected chi connectivity index (χ3v) is 6.37. The Kier molecular flexibility index (Phi) is 4.28. The highest BCUT2D eigenvalue weighted by Gasteiger charge is 2.40. The summed E-state index contributed by atoms with van der Waals surface area (Å²) in [5.74, 6) is 0.857. The lowest BCUT2D eigenvalue weighted by Crippen LogP contribution is -2.49. The molecule has 1 aromatic carbocycles. The molecule has 1 amide bonds. The van der Waals surface area contributed by atoms with E-state index in [-0.39, 0.29) is 6.09 Å². The fourth-order valence-corrected chi connectivity index (χ4v) is 5.11. The van der Waals surface area contributed by atoms with E-state index >= 15 is 0 Å². The van der Waals surface area contributed by atoms with Gasteiger partial charge in [-0.2, -0.15) is 0 Å². The molecule has 1 aliphatic carbocycles. The van der Waals surface area contributed by atoms with Crippen molar-refractivity contribution in [1.29, 1.82) is 0 Å². The molecule has 1 saturated heterocycles. The van der Waals surface area contributed by atoms with Gasteiger partial charge in [-0.1, -0.05) is 12.1 Å². The van der Waals surface area contributed by atoms with Gasteiger partial charge in [-0.3, -0.25) is 0 Å². The van der Waals surface area contributed by atoms with Gasteiger partial charge in [0.05, 0.1) is 11.2 Å². The molecule has 2 heterocycles. The number of nitrogens with one attached hydrogen (secondary N) is 1. The molecule has 25 heavy (non-hydrogen) atoms. The molecule has 0 saturated carbocycles. The van der Waals surface area contributed by atoms with Crippen molar-refractivity contribution in [3.05, 3.63) is 33.9 Å². The predicted octanol–water partition coefficient (Wildman–Crippen LogP) is 3.59. The van der Waals surface area contributed by atoms with E-state index < -0.39 is 0 Å². The molecule has 3 atom stereocenters. The maximum Gasteiger partial charge on any atom is 0.409 e. The summed E-state index contributed by atoms with van der Waals surface area (Å²) in [5.41, 5.74) is 4.04. The predicted molar refractivity (Wildman–Crippen MR) is 102 cm³/mol. The molecule has 1 fully saturated rings. The normalized spacial score (nSPS) is 25.7. The molecular formula is C19H24BrN3O2. The molecule has 5 nitrogen and oxygen atoms in total. The van der Waals surface area contributed by atoms with E-state index in [1.54, 1.807) is 14.1 Å². The van der Waals surface area contributed by atoms with Crippen molar-refractivity contribution in [3.8, 4) is 0 Å². The molecule has 1 unspecified atom stereocenters. The quantitative estimate of drug-likeness (QED) is 0.830. The number of carbonyl (C=O) groups is 1. The van der Waals surface area contributed by atoms with E-state index in [1.165, 1.54) is 26.9 Å². The van der Waals surface area contributed by atoms with Crippen molar-refractivity contribution in [2.24, 2.45) is 5.92 Å². The number of amides is 1. The topological polar surface area (TPSA) is 48.6 Å². The number of likely N-dealkylation sites (tertiary alicyclic amines) is 1. The van der Waals surface area contributed by atoms with Crippen LogP contribution in [0.5, 0.6) is 0 Å². The minimum absolute atomic E-state index is 0.257. The van der Waals surface area contributed by atoms with Crippen LogP contribution in [0, 0.1) is 5.92 Å². The van der Waals surface area contributed by atoms with Crippen molar-refractivity contribution < 1.29 is 9.53 Å². The van der Waals surface area contributed by atoms with Crippen molar-refractivity contribution in [2.75, 3.05) is 34.3 Å². The molecular weight excluding hydrogens is 382 g/mol. The fourth-order valence-electron chi connectivity index (χ4n) is 4.54. The van der Waals surface area contributed by atoms with Crippen LogP contribution in [-0.2, 0) is 11.2 Å². The number of H-pyrrole nitrogens is 1. The molecule has 0 bridgehead atoms. The van der Waals surface area contributed by atoms with Gasteiger partial charge in [-0.25, -0.2) is 4.79 Å². The zero-order chi connectivity index (χ0) is 17.7. The van der Waals surface area contributed by atoms with Crippen molar-refractivity contribution >= 4 is 32.9 Å². The Morgan fingerprint density at radius 1 is 1.44 bits per heavy atom. The van der Waals surface area contributed by atoms with Crippen molar-refractivity contribution in [1.82, 2.24) is 14.8 Å². The fraction of sp³-hybridized carbons (Fsp3) is 0.526. The first-order valence-corrected chi connectivity index (χ1v) is 9.58. The lowest BCUT2D eigenvalue weighted by atomic mass is 9.72. The lowest BCUT2D eigenvalue weighted by molar-refractivity contribution is 0.0527. The molecule has 1 aliphatic heterocycles. The maximum absolute atomic E-state index is 11.8. The second-order valence-corrected chi connectivity index (χ2v) is 8.37. The number of ether oxygens (including phenoxy) is 1. The number of hydrogen-bond acceptors (Lipinski definition) is 3. The number of nitrogens with zero attached hydrogens (tertiary/aromatic N) is 2. The summed E-state index contributed by atoms with van der Waals surface area (Å²) in [6.45, 7) is 1.46. The summed E-state index contributed by atoms with van der Waals surface area (Å²) in [4.78, 5) is 19.2. The minimum Gasteiger partial charge on any atom is -0.449 e. The highest BCUT2D eigenvalue weighted by molar-refractivity contribution is 9.10. The Morgan fingerprint density at radius 2 is 2.24 bits per heavy atom. The number of likely N-dealkylation sites (N-methyl/N-ethyl adjacent to an activating group) is 1. The Hall–Kier alpha value is -1.53. The summed E-state index contributed by atoms with van der Waals surface area (Å²) in [6, 6.07) is 7.06. The van der Waals surface area contributed by atoms with Crippen LogP contribution < -0.4 is 0 Å². The molecule has 0 spiro atoms. The van der Waals surface area contributed by atoms with Gasteiger partial charge in [0.2, 0.25) is 0 Å². The molecule has 0 radical (unpaired) electrons. The van der Waals surface area contributed by atoms with Crippen LogP contribution in [0.3, 0.4) is 0 Å². The number of piperidine rings is 1. The number of rotatable bonds is 2. The zero-order valence-electron chi connectivity index (χ0n) is 14.9. The van der Waals surface area contributed by atoms with Gasteiger partial charge in [0.1, 0.15) is 0 Å². The molecule has 6 heteroatoms. The van der Waals surface area contributed by atoms with Gasteiger partial charge in [0.25, 0.3) is 0 Å². The van der Waals surface area contributed by atoms with Gasteiger partial charge in [0.15, 0.2) is 0 Å². The second kappa shape index (κ2) is 6.32. The van der Waals surface area contributed by atoms with E-state index in [9.17, 15) is 4.79 Å². The van der Waals surface area contributed by atoms with Crippen LogP contribution in [-0.4, -0.2) is 61.2 Å². The first-order valence-electron chi connectivity index (χ1n) is 8.79. The molecule has 2 aromatic rings. The third-order valence-electron chi connectivity index (χ3n) is 5.69. The smallest absolute Gasteiger partial charge is 0.409 e. The van der Waals surface area contributed by atoms with E-state index in [0.717, 1.165) is 24.0 Å². The summed E-state index contributed by atoms with van der Waals surface area (Å²) >= 11 is 3.70. The Morgan fingerprint density at radius 3 is 3.00 bits per heavy atom. The summed E-state index contributed by atoms with van der Waals surface area (Å²) in [5, 5.41) is 1.38. The standard InChI is InChI=1S/C19H24BrN3O2/c1-22(2)19(24)25-10-11-7-13-12-5-4-6-15-17(12)14(18(20)21-15)8-16(13)23(3)9-11/h4-6,11,13,16,21H,7-10H2,1-3H3/t11-,13?,16-/m1/s1. The molecule has 1 N–H and O–H groups in total. The van der Waals surface area contributed by atoms with Crippen LogP contribution in [0.15, 0.2) is 22.8 Å². The van der Waals surface area contributed by atoms with E-state index in [4.69, 9.17) is 4.74 Å². The van der Waals surface area contributed by atoms with E-state index in [1.807, 2.05) is 0 Å². The number of aromatic nitrogens is 1. The maximum atomic E-state index is 11.8. The number of fused-ring (bicyclic) bond motifs is 2.